The Morgan fingerprint density at radius 2 is 2.06 bits per heavy atom. The van der Waals surface area contributed by atoms with Crippen LogP contribution in [0.15, 0.2) is 24.3 Å². The van der Waals surface area contributed by atoms with E-state index in [0.29, 0.717) is 12.2 Å². The molecule has 4 nitrogen and oxygen atoms in total. The minimum atomic E-state index is -0.597. The fourth-order valence-corrected chi connectivity index (χ4v) is 1.46. The van der Waals surface area contributed by atoms with E-state index in [1.54, 1.807) is 6.07 Å². The van der Waals surface area contributed by atoms with Gasteiger partial charge in [0.05, 0.1) is 0 Å². The first kappa shape index (κ1) is 12.5. The number of carbonyl (C=O) groups is 1. The van der Waals surface area contributed by atoms with E-state index in [1.807, 2.05) is 32.0 Å². The van der Waals surface area contributed by atoms with E-state index in [-0.39, 0.29) is 6.04 Å². The average molecular weight is 222 g/mol. The molecule has 1 aromatic carbocycles. The van der Waals surface area contributed by atoms with E-state index in [2.05, 4.69) is 0 Å². The average Bonchev–Trinajstić information content (AvgIpc) is 2.25. The standard InChI is InChI=1S/C12H18N2O2/c1-3-10(12(14)15)16-11-7-5-4-6-9(11)8(2)13/h4-8,10H,3,13H2,1-2H3,(H2,14,15)/t8-,10?/m1/s1. The molecule has 1 aromatic rings. The van der Waals surface area contributed by atoms with Crippen molar-refractivity contribution >= 4 is 5.91 Å². The summed E-state index contributed by atoms with van der Waals surface area (Å²) in [6.07, 6.45) is -0.0530. The molecule has 1 rings (SSSR count). The van der Waals surface area contributed by atoms with Gasteiger partial charge in [-0.15, -0.1) is 0 Å². The molecular formula is C12H18N2O2. The van der Waals surface area contributed by atoms with Crippen LogP contribution in [0.5, 0.6) is 5.75 Å². The number of para-hydroxylation sites is 1. The number of ether oxygens (including phenoxy) is 1. The van der Waals surface area contributed by atoms with Crippen LogP contribution >= 0.6 is 0 Å². The van der Waals surface area contributed by atoms with Gasteiger partial charge in [-0.25, -0.2) is 0 Å². The first-order valence-corrected chi connectivity index (χ1v) is 5.36. The van der Waals surface area contributed by atoms with E-state index in [0.717, 1.165) is 5.56 Å². The fourth-order valence-electron chi connectivity index (χ4n) is 1.46. The van der Waals surface area contributed by atoms with Crippen LogP contribution in [0.1, 0.15) is 31.9 Å². The SMILES string of the molecule is CCC(Oc1ccccc1[C@@H](C)N)C(N)=O. The molecule has 0 heterocycles. The number of amides is 1. The fraction of sp³-hybridized carbons (Fsp3) is 0.417. The lowest BCUT2D eigenvalue weighted by atomic mass is 10.1. The van der Waals surface area contributed by atoms with Crippen LogP contribution in [-0.2, 0) is 4.79 Å². The number of rotatable bonds is 5. The lowest BCUT2D eigenvalue weighted by Crippen LogP contribution is -2.33. The van der Waals surface area contributed by atoms with Crippen LogP contribution in [-0.4, -0.2) is 12.0 Å². The smallest absolute Gasteiger partial charge is 0.258 e. The lowest BCUT2D eigenvalue weighted by molar-refractivity contribution is -0.124. The van der Waals surface area contributed by atoms with Crippen LogP contribution < -0.4 is 16.2 Å². The highest BCUT2D eigenvalue weighted by Gasteiger charge is 2.17. The number of hydrogen-bond acceptors (Lipinski definition) is 3. The number of hydrogen-bond donors (Lipinski definition) is 2. The van der Waals surface area contributed by atoms with Gasteiger partial charge in [-0.2, -0.15) is 0 Å². The summed E-state index contributed by atoms with van der Waals surface area (Å²) in [5.74, 6) is 0.171. The maximum atomic E-state index is 11.1. The van der Waals surface area contributed by atoms with Crippen molar-refractivity contribution in [2.75, 3.05) is 0 Å². The van der Waals surface area contributed by atoms with Gasteiger partial charge in [-0.05, 0) is 19.4 Å². The van der Waals surface area contributed by atoms with Gasteiger partial charge in [0.2, 0.25) is 0 Å². The predicted octanol–water partition coefficient (Wildman–Crippen LogP) is 1.35. The molecular weight excluding hydrogens is 204 g/mol. The highest BCUT2D eigenvalue weighted by Crippen LogP contribution is 2.24. The molecule has 0 fully saturated rings. The second kappa shape index (κ2) is 5.51. The van der Waals surface area contributed by atoms with E-state index in [4.69, 9.17) is 16.2 Å². The largest absolute Gasteiger partial charge is 0.480 e. The third-order valence-electron chi connectivity index (χ3n) is 2.37. The molecule has 0 bridgehead atoms. The molecule has 2 atom stereocenters. The maximum absolute atomic E-state index is 11.1. The molecule has 0 aliphatic heterocycles. The zero-order chi connectivity index (χ0) is 12.1. The molecule has 0 radical (unpaired) electrons. The zero-order valence-corrected chi connectivity index (χ0v) is 9.64. The summed E-state index contributed by atoms with van der Waals surface area (Å²) >= 11 is 0. The summed E-state index contributed by atoms with van der Waals surface area (Å²) in [7, 11) is 0. The minimum absolute atomic E-state index is 0.137. The van der Waals surface area contributed by atoms with Gasteiger partial charge in [0.1, 0.15) is 5.75 Å². The third-order valence-corrected chi connectivity index (χ3v) is 2.37. The van der Waals surface area contributed by atoms with Crippen LogP contribution in [0.3, 0.4) is 0 Å². The molecule has 0 aliphatic rings. The Balaban J connectivity index is 2.91. The summed E-state index contributed by atoms with van der Waals surface area (Å²) in [6.45, 7) is 3.72. The van der Waals surface area contributed by atoms with Crippen molar-refractivity contribution in [1.29, 1.82) is 0 Å². The number of carbonyl (C=O) groups excluding carboxylic acids is 1. The molecule has 0 saturated carbocycles. The van der Waals surface area contributed by atoms with Crippen LogP contribution in [0.2, 0.25) is 0 Å². The zero-order valence-electron chi connectivity index (χ0n) is 9.64. The second-order valence-electron chi connectivity index (χ2n) is 3.74. The first-order valence-electron chi connectivity index (χ1n) is 5.36. The Hall–Kier alpha value is -1.55. The molecule has 88 valence electrons. The second-order valence-corrected chi connectivity index (χ2v) is 3.74. The van der Waals surface area contributed by atoms with Crippen LogP contribution in [0.4, 0.5) is 0 Å². The Bertz CT molecular complexity index is 364. The van der Waals surface area contributed by atoms with Crippen molar-refractivity contribution in [3.05, 3.63) is 29.8 Å². The molecule has 0 aliphatic carbocycles. The molecule has 16 heavy (non-hydrogen) atoms. The van der Waals surface area contributed by atoms with Crippen molar-refractivity contribution in [3.8, 4) is 5.75 Å². The van der Waals surface area contributed by atoms with Gasteiger partial charge >= 0.3 is 0 Å². The van der Waals surface area contributed by atoms with Crippen molar-refractivity contribution < 1.29 is 9.53 Å². The quantitative estimate of drug-likeness (QED) is 0.789. The van der Waals surface area contributed by atoms with Gasteiger partial charge in [-0.3, -0.25) is 4.79 Å². The Morgan fingerprint density at radius 1 is 1.44 bits per heavy atom. The predicted molar refractivity (Wildman–Crippen MR) is 62.9 cm³/mol. The summed E-state index contributed by atoms with van der Waals surface area (Å²) in [5, 5.41) is 0. The number of nitrogens with two attached hydrogens (primary N) is 2. The summed E-state index contributed by atoms with van der Waals surface area (Å²) in [4.78, 5) is 11.1. The minimum Gasteiger partial charge on any atom is -0.480 e. The number of benzene rings is 1. The molecule has 4 N–H and O–H groups in total. The van der Waals surface area contributed by atoms with Gasteiger partial charge in [-0.1, -0.05) is 25.1 Å². The van der Waals surface area contributed by atoms with Crippen molar-refractivity contribution in [2.45, 2.75) is 32.4 Å². The molecule has 4 heteroatoms. The Kier molecular flexibility index (Phi) is 4.31. The van der Waals surface area contributed by atoms with Crippen molar-refractivity contribution in [2.24, 2.45) is 11.5 Å². The van der Waals surface area contributed by atoms with Crippen LogP contribution in [0, 0.1) is 0 Å². The number of primary amides is 1. The normalized spacial score (nSPS) is 14.2. The van der Waals surface area contributed by atoms with E-state index < -0.39 is 12.0 Å². The molecule has 0 saturated heterocycles. The van der Waals surface area contributed by atoms with Gasteiger partial charge in [0.25, 0.3) is 5.91 Å². The third kappa shape index (κ3) is 2.97. The van der Waals surface area contributed by atoms with Gasteiger partial charge in [0, 0.05) is 11.6 Å². The summed E-state index contributed by atoms with van der Waals surface area (Å²) < 4.78 is 5.56. The van der Waals surface area contributed by atoms with Crippen molar-refractivity contribution in [1.82, 2.24) is 0 Å². The van der Waals surface area contributed by atoms with Gasteiger partial charge < -0.3 is 16.2 Å². The van der Waals surface area contributed by atoms with E-state index in [1.165, 1.54) is 0 Å². The molecule has 1 amide bonds. The molecule has 0 aromatic heterocycles. The first-order chi connectivity index (χ1) is 7.56. The van der Waals surface area contributed by atoms with Crippen molar-refractivity contribution in [3.63, 3.8) is 0 Å². The Labute approximate surface area is 95.6 Å². The maximum Gasteiger partial charge on any atom is 0.258 e. The monoisotopic (exact) mass is 222 g/mol. The van der Waals surface area contributed by atoms with Gasteiger partial charge in [0.15, 0.2) is 6.10 Å². The Morgan fingerprint density at radius 3 is 2.56 bits per heavy atom. The topological polar surface area (TPSA) is 78.3 Å². The van der Waals surface area contributed by atoms with Crippen LogP contribution in [0.25, 0.3) is 0 Å². The molecule has 1 unspecified atom stereocenters. The molecule has 0 spiro atoms. The lowest BCUT2D eigenvalue weighted by Gasteiger charge is -2.18. The highest BCUT2D eigenvalue weighted by atomic mass is 16.5. The van der Waals surface area contributed by atoms with E-state index in [9.17, 15) is 4.79 Å². The van der Waals surface area contributed by atoms with E-state index >= 15 is 0 Å². The summed E-state index contributed by atoms with van der Waals surface area (Å²) in [6, 6.07) is 7.27. The highest BCUT2D eigenvalue weighted by molar-refractivity contribution is 5.79. The summed E-state index contributed by atoms with van der Waals surface area (Å²) in [5.41, 5.74) is 11.9.